The number of benzene rings is 2. The molecule has 0 radical (unpaired) electrons. The Morgan fingerprint density at radius 3 is 2.50 bits per heavy atom. The van der Waals surface area contributed by atoms with Crippen LogP contribution in [0.15, 0.2) is 66.0 Å². The van der Waals surface area contributed by atoms with Crippen molar-refractivity contribution < 1.29 is 14.3 Å². The number of ether oxygens (including phenoxy) is 1. The summed E-state index contributed by atoms with van der Waals surface area (Å²) in [5.41, 5.74) is 3.69. The van der Waals surface area contributed by atoms with Crippen molar-refractivity contribution in [1.82, 2.24) is 10.2 Å². The minimum Gasteiger partial charge on any atom is -0.383 e. The topological polar surface area (TPSA) is 58.6 Å². The number of thiophene rings is 1. The molecule has 0 spiro atoms. The van der Waals surface area contributed by atoms with Gasteiger partial charge in [-0.2, -0.15) is 0 Å². The lowest BCUT2D eigenvalue weighted by molar-refractivity contribution is -0.124. The molecule has 2 amide bonds. The van der Waals surface area contributed by atoms with E-state index >= 15 is 0 Å². The Hall–Kier alpha value is -2.96. The van der Waals surface area contributed by atoms with E-state index in [-0.39, 0.29) is 17.9 Å². The van der Waals surface area contributed by atoms with E-state index in [1.54, 1.807) is 23.3 Å². The Morgan fingerprint density at radius 2 is 1.81 bits per heavy atom. The van der Waals surface area contributed by atoms with E-state index < -0.39 is 5.92 Å². The molecule has 5 nitrogen and oxygen atoms in total. The molecule has 3 aromatic rings. The van der Waals surface area contributed by atoms with Crippen LogP contribution >= 0.6 is 11.3 Å². The molecule has 0 unspecified atom stereocenters. The maximum absolute atomic E-state index is 13.6. The first kappa shape index (κ1) is 22.2. The Kier molecular flexibility index (Phi) is 7.02. The zero-order valence-electron chi connectivity index (χ0n) is 18.4. The van der Waals surface area contributed by atoms with Gasteiger partial charge < -0.3 is 15.0 Å². The number of amides is 2. The number of hydrogen-bond acceptors (Lipinski definition) is 4. The fourth-order valence-corrected chi connectivity index (χ4v) is 5.15. The summed E-state index contributed by atoms with van der Waals surface area (Å²) in [6, 6.07) is 19.4. The molecular formula is C26H28N2O3S. The Balaban J connectivity index is 1.67. The average Bonchev–Trinajstić information content (AvgIpc) is 3.37. The first-order valence-electron chi connectivity index (χ1n) is 10.9. The Labute approximate surface area is 193 Å². The summed E-state index contributed by atoms with van der Waals surface area (Å²) in [6.07, 6.45) is 0.985. The molecule has 1 N–H and O–H groups in total. The third kappa shape index (κ3) is 4.47. The van der Waals surface area contributed by atoms with Gasteiger partial charge in [0.15, 0.2) is 0 Å². The monoisotopic (exact) mass is 448 g/mol. The van der Waals surface area contributed by atoms with Gasteiger partial charge in [0.25, 0.3) is 5.91 Å². The molecule has 0 bridgehead atoms. The summed E-state index contributed by atoms with van der Waals surface area (Å²) in [5.74, 6) is -0.630. The normalized spacial score (nSPS) is 17.8. The molecular weight excluding hydrogens is 420 g/mol. The van der Waals surface area contributed by atoms with Gasteiger partial charge in [-0.25, -0.2) is 0 Å². The van der Waals surface area contributed by atoms with Gasteiger partial charge in [0.1, 0.15) is 0 Å². The summed E-state index contributed by atoms with van der Waals surface area (Å²) in [7, 11) is 1.62. The van der Waals surface area contributed by atoms with E-state index in [9.17, 15) is 9.59 Å². The number of methoxy groups -OCH3 is 1. The quantitative estimate of drug-likeness (QED) is 0.550. The lowest BCUT2D eigenvalue weighted by Gasteiger charge is -2.41. The van der Waals surface area contributed by atoms with E-state index in [0.717, 1.165) is 22.4 Å². The molecule has 2 atom stereocenters. The smallest absolute Gasteiger partial charge is 0.254 e. The van der Waals surface area contributed by atoms with Gasteiger partial charge in [-0.1, -0.05) is 55.5 Å². The average molecular weight is 449 g/mol. The minimum atomic E-state index is -0.491. The molecule has 1 aliphatic heterocycles. The first-order valence-corrected chi connectivity index (χ1v) is 11.8. The van der Waals surface area contributed by atoms with Crippen LogP contribution in [0.3, 0.4) is 0 Å². The molecule has 0 saturated carbocycles. The molecule has 2 heterocycles. The zero-order chi connectivity index (χ0) is 22.5. The van der Waals surface area contributed by atoms with E-state index in [1.807, 2.05) is 41.8 Å². The largest absolute Gasteiger partial charge is 0.383 e. The van der Waals surface area contributed by atoms with Gasteiger partial charge in [-0.15, -0.1) is 11.3 Å². The second-order valence-electron chi connectivity index (χ2n) is 7.90. The van der Waals surface area contributed by atoms with Gasteiger partial charge in [-0.05, 0) is 40.6 Å². The molecule has 166 valence electrons. The van der Waals surface area contributed by atoms with Gasteiger partial charge in [0.2, 0.25) is 5.91 Å². The van der Waals surface area contributed by atoms with Crippen LogP contribution < -0.4 is 5.32 Å². The van der Waals surface area contributed by atoms with Crippen molar-refractivity contribution >= 4 is 23.2 Å². The van der Waals surface area contributed by atoms with Crippen LogP contribution in [0.1, 0.15) is 50.8 Å². The van der Waals surface area contributed by atoms with Crippen molar-refractivity contribution in [3.8, 4) is 0 Å². The van der Waals surface area contributed by atoms with Crippen molar-refractivity contribution in [3.05, 3.63) is 93.2 Å². The van der Waals surface area contributed by atoms with Crippen LogP contribution in [0.25, 0.3) is 0 Å². The van der Waals surface area contributed by atoms with E-state index in [4.69, 9.17) is 4.74 Å². The summed E-state index contributed by atoms with van der Waals surface area (Å²) in [6.45, 7) is 3.41. The van der Waals surface area contributed by atoms with E-state index in [0.29, 0.717) is 25.3 Å². The van der Waals surface area contributed by atoms with Crippen molar-refractivity contribution in [2.24, 2.45) is 0 Å². The molecule has 0 fully saturated rings. The summed E-state index contributed by atoms with van der Waals surface area (Å²) in [5, 5.41) is 5.11. The maximum atomic E-state index is 13.6. The predicted molar refractivity (Wildman–Crippen MR) is 127 cm³/mol. The van der Waals surface area contributed by atoms with Crippen molar-refractivity contribution in [2.75, 3.05) is 20.3 Å². The molecule has 2 aromatic carbocycles. The number of nitrogens with one attached hydrogen (secondary N) is 1. The van der Waals surface area contributed by atoms with Gasteiger partial charge in [-0.3, -0.25) is 9.59 Å². The van der Waals surface area contributed by atoms with Crippen molar-refractivity contribution in [2.45, 2.75) is 31.8 Å². The summed E-state index contributed by atoms with van der Waals surface area (Å²) >= 11 is 1.57. The lowest BCUT2D eigenvalue weighted by Crippen LogP contribution is -2.48. The second kappa shape index (κ2) is 10.1. The fraction of sp³-hybridized carbons (Fsp3) is 0.308. The highest BCUT2D eigenvalue weighted by Crippen LogP contribution is 2.44. The third-order valence-corrected chi connectivity index (χ3v) is 6.93. The standard InChI is InChI=1S/C26H28N2O3S/c1-3-18-10-12-19(13-11-18)17-27-25(29)23-20-7-4-5-8-21(20)26(30)28(14-15-31-2)24(23)22-9-6-16-32-22/h4-13,16,23-24H,3,14-15,17H2,1-2H3,(H,27,29)/t23-,24-/m1/s1. The number of hydrogen-bond donors (Lipinski definition) is 1. The Morgan fingerprint density at radius 1 is 1.06 bits per heavy atom. The minimum absolute atomic E-state index is 0.0599. The van der Waals surface area contributed by atoms with Crippen LogP contribution in [-0.4, -0.2) is 37.0 Å². The summed E-state index contributed by atoms with van der Waals surface area (Å²) in [4.78, 5) is 29.8. The number of nitrogens with zero attached hydrogens (tertiary/aromatic N) is 1. The number of rotatable bonds is 8. The fourth-order valence-electron chi connectivity index (χ4n) is 4.28. The maximum Gasteiger partial charge on any atom is 0.254 e. The van der Waals surface area contributed by atoms with Crippen LogP contribution in [0, 0.1) is 0 Å². The molecule has 4 rings (SSSR count). The van der Waals surface area contributed by atoms with Crippen LogP contribution in [-0.2, 0) is 22.5 Å². The molecule has 0 saturated heterocycles. The van der Waals surface area contributed by atoms with Gasteiger partial charge >= 0.3 is 0 Å². The zero-order valence-corrected chi connectivity index (χ0v) is 19.2. The second-order valence-corrected chi connectivity index (χ2v) is 8.88. The van der Waals surface area contributed by atoms with Crippen LogP contribution in [0.2, 0.25) is 0 Å². The van der Waals surface area contributed by atoms with E-state index in [2.05, 4.69) is 36.5 Å². The highest BCUT2D eigenvalue weighted by atomic mass is 32.1. The van der Waals surface area contributed by atoms with Gasteiger partial charge in [0, 0.05) is 30.6 Å². The number of carbonyl (C=O) groups is 2. The SMILES string of the molecule is CCc1ccc(CNC(=O)[C@@H]2c3ccccc3C(=O)N(CCOC)[C@@H]2c2cccs2)cc1. The highest BCUT2D eigenvalue weighted by Gasteiger charge is 2.44. The van der Waals surface area contributed by atoms with Crippen molar-refractivity contribution in [1.29, 1.82) is 0 Å². The van der Waals surface area contributed by atoms with Crippen LogP contribution in [0.5, 0.6) is 0 Å². The molecule has 1 aromatic heterocycles. The van der Waals surface area contributed by atoms with Crippen LogP contribution in [0.4, 0.5) is 0 Å². The molecule has 32 heavy (non-hydrogen) atoms. The summed E-state index contributed by atoms with van der Waals surface area (Å²) < 4.78 is 5.28. The molecule has 1 aliphatic rings. The third-order valence-electron chi connectivity index (χ3n) is 5.99. The predicted octanol–water partition coefficient (Wildman–Crippen LogP) is 4.55. The highest BCUT2D eigenvalue weighted by molar-refractivity contribution is 7.10. The first-order chi connectivity index (χ1) is 15.6. The molecule has 6 heteroatoms. The number of carbonyl (C=O) groups excluding carboxylic acids is 2. The Bertz CT molecular complexity index is 1060. The van der Waals surface area contributed by atoms with Crippen molar-refractivity contribution in [3.63, 3.8) is 0 Å². The lowest BCUT2D eigenvalue weighted by atomic mass is 9.81. The number of aryl methyl sites for hydroxylation is 1. The molecule has 0 aliphatic carbocycles. The van der Waals surface area contributed by atoms with E-state index in [1.165, 1.54) is 5.56 Å². The van der Waals surface area contributed by atoms with Gasteiger partial charge in [0.05, 0.1) is 18.6 Å². The number of fused-ring (bicyclic) bond motifs is 1.